The zero-order chi connectivity index (χ0) is 37.1. The van der Waals surface area contributed by atoms with E-state index < -0.39 is 0 Å². The maximum absolute atomic E-state index is 2.51. The molecule has 0 nitrogen and oxygen atoms in total. The Hall–Kier alpha value is -6.54. The van der Waals surface area contributed by atoms with E-state index in [0.29, 0.717) is 0 Å². The Bertz CT molecular complexity index is 3380. The van der Waals surface area contributed by atoms with Crippen molar-refractivity contribution in [3.8, 4) is 44.5 Å². The predicted octanol–water partition coefficient (Wildman–Crippen LogP) is 16.0. The summed E-state index contributed by atoms with van der Waals surface area (Å²) in [7, 11) is 0. The van der Waals surface area contributed by atoms with Gasteiger partial charge in [0.2, 0.25) is 0 Å². The van der Waals surface area contributed by atoms with Gasteiger partial charge in [0.1, 0.15) is 0 Å². The normalized spacial score (nSPS) is 13.3. The average Bonchev–Trinajstić information content (AvgIpc) is 3.74. The molecule has 1 heteroatoms. The Kier molecular flexibility index (Phi) is 6.66. The van der Waals surface area contributed by atoms with E-state index in [1.807, 2.05) is 11.3 Å². The van der Waals surface area contributed by atoms with Gasteiger partial charge in [0, 0.05) is 31.0 Å². The highest BCUT2D eigenvalue weighted by Gasteiger charge is 2.37. The quantitative estimate of drug-likeness (QED) is 0.159. The van der Waals surface area contributed by atoms with Crippen LogP contribution in [0, 0.1) is 0 Å². The van der Waals surface area contributed by atoms with Crippen LogP contribution in [0.15, 0.2) is 182 Å². The zero-order valence-corrected chi connectivity index (χ0v) is 32.0. The molecule has 0 N–H and O–H groups in total. The molecule has 0 radical (unpaired) electrons. The highest BCUT2D eigenvalue weighted by molar-refractivity contribution is 7.26. The third-order valence-corrected chi connectivity index (χ3v) is 13.9. The Labute approximate surface area is 329 Å². The van der Waals surface area contributed by atoms with Gasteiger partial charge in [-0.3, -0.25) is 0 Å². The smallest absolute Gasteiger partial charge is 0.0434 e. The molecular formula is C55H36S. The molecule has 1 aliphatic rings. The molecule has 0 atom stereocenters. The first-order valence-electron chi connectivity index (χ1n) is 19.6. The molecule has 1 heterocycles. The molecule has 0 amide bonds. The first-order chi connectivity index (χ1) is 27.6. The SMILES string of the molecule is CC1(C)c2cc(-c3c4ccccc4c(-c4ccc(-c5ccccc5)c5ccccc45)c4ccccc34)ccc2-c2c1ccc1c2ccc2c3ccccc3sc12. The van der Waals surface area contributed by atoms with Gasteiger partial charge in [-0.05, 0) is 105 Å². The van der Waals surface area contributed by atoms with E-state index in [9.17, 15) is 0 Å². The van der Waals surface area contributed by atoms with Crippen molar-refractivity contribution in [1.82, 2.24) is 0 Å². The summed E-state index contributed by atoms with van der Waals surface area (Å²) in [4.78, 5) is 0. The van der Waals surface area contributed by atoms with E-state index in [0.717, 1.165) is 0 Å². The molecule has 0 unspecified atom stereocenters. The van der Waals surface area contributed by atoms with Crippen LogP contribution in [0.1, 0.15) is 25.0 Å². The van der Waals surface area contributed by atoms with Gasteiger partial charge < -0.3 is 0 Å². The Morgan fingerprint density at radius 1 is 0.321 bits per heavy atom. The summed E-state index contributed by atoms with van der Waals surface area (Å²) >= 11 is 1.92. The van der Waals surface area contributed by atoms with Crippen LogP contribution in [0.25, 0.3) is 108 Å². The average molecular weight is 729 g/mol. The van der Waals surface area contributed by atoms with E-state index in [2.05, 4.69) is 196 Å². The molecule has 1 aliphatic carbocycles. The molecule has 10 aromatic carbocycles. The van der Waals surface area contributed by atoms with Gasteiger partial charge in [0.05, 0.1) is 0 Å². The van der Waals surface area contributed by atoms with Crippen molar-refractivity contribution >= 4 is 74.6 Å². The lowest BCUT2D eigenvalue weighted by Crippen LogP contribution is -2.15. The summed E-state index contributed by atoms with van der Waals surface area (Å²) in [6.45, 7) is 4.82. The van der Waals surface area contributed by atoms with Crippen LogP contribution in [-0.4, -0.2) is 0 Å². The van der Waals surface area contributed by atoms with E-state index in [4.69, 9.17) is 0 Å². The summed E-state index contributed by atoms with van der Waals surface area (Å²) < 4.78 is 2.73. The fourth-order valence-corrected chi connectivity index (χ4v) is 11.3. The summed E-state index contributed by atoms with van der Waals surface area (Å²) in [5, 5.41) is 13.1. The van der Waals surface area contributed by atoms with Crippen molar-refractivity contribution in [3.05, 3.63) is 193 Å². The van der Waals surface area contributed by atoms with Gasteiger partial charge in [0.25, 0.3) is 0 Å². The molecule has 12 rings (SSSR count). The maximum atomic E-state index is 2.51. The number of thiophene rings is 1. The van der Waals surface area contributed by atoms with Crippen molar-refractivity contribution in [2.75, 3.05) is 0 Å². The second kappa shape index (κ2) is 11.7. The van der Waals surface area contributed by atoms with Crippen LogP contribution in [0.2, 0.25) is 0 Å². The predicted molar refractivity (Wildman–Crippen MR) is 243 cm³/mol. The number of benzene rings is 10. The number of fused-ring (bicyclic) bond motifs is 12. The van der Waals surface area contributed by atoms with Crippen LogP contribution in [0.4, 0.5) is 0 Å². The molecule has 0 saturated carbocycles. The first kappa shape index (κ1) is 31.8. The van der Waals surface area contributed by atoms with Crippen molar-refractivity contribution < 1.29 is 0 Å². The largest absolute Gasteiger partial charge is 0.135 e. The molecule has 0 spiro atoms. The maximum Gasteiger partial charge on any atom is 0.0434 e. The van der Waals surface area contributed by atoms with Gasteiger partial charge in [-0.25, -0.2) is 0 Å². The van der Waals surface area contributed by atoms with Crippen molar-refractivity contribution in [2.24, 2.45) is 0 Å². The third kappa shape index (κ3) is 4.35. The minimum absolute atomic E-state index is 0.144. The zero-order valence-electron chi connectivity index (χ0n) is 31.2. The second-order valence-corrected chi connectivity index (χ2v) is 17.0. The van der Waals surface area contributed by atoms with Crippen molar-refractivity contribution in [3.63, 3.8) is 0 Å². The monoisotopic (exact) mass is 728 g/mol. The van der Waals surface area contributed by atoms with Gasteiger partial charge in [0.15, 0.2) is 0 Å². The summed E-state index contributed by atoms with van der Waals surface area (Å²) in [6.07, 6.45) is 0. The molecule has 56 heavy (non-hydrogen) atoms. The van der Waals surface area contributed by atoms with E-state index >= 15 is 0 Å². The second-order valence-electron chi connectivity index (χ2n) is 15.9. The van der Waals surface area contributed by atoms with E-state index in [1.54, 1.807) is 0 Å². The molecule has 262 valence electrons. The van der Waals surface area contributed by atoms with Crippen molar-refractivity contribution in [1.29, 1.82) is 0 Å². The summed E-state index contributed by atoms with van der Waals surface area (Å²) in [5.41, 5.74) is 13.0. The van der Waals surface area contributed by atoms with Gasteiger partial charge >= 0.3 is 0 Å². The highest BCUT2D eigenvalue weighted by atomic mass is 32.1. The molecule has 0 fully saturated rings. The van der Waals surface area contributed by atoms with Crippen LogP contribution >= 0.6 is 11.3 Å². The topological polar surface area (TPSA) is 0 Å². The van der Waals surface area contributed by atoms with Crippen LogP contribution in [0.3, 0.4) is 0 Å². The lowest BCUT2D eigenvalue weighted by Gasteiger charge is -2.23. The lowest BCUT2D eigenvalue weighted by atomic mass is 9.80. The van der Waals surface area contributed by atoms with E-state index in [-0.39, 0.29) is 5.41 Å². The van der Waals surface area contributed by atoms with Crippen LogP contribution in [-0.2, 0) is 5.41 Å². The molecule has 0 aliphatic heterocycles. The van der Waals surface area contributed by atoms with Gasteiger partial charge in [-0.1, -0.05) is 184 Å². The number of hydrogen-bond acceptors (Lipinski definition) is 1. The van der Waals surface area contributed by atoms with Gasteiger partial charge in [-0.15, -0.1) is 11.3 Å². The summed E-state index contributed by atoms with van der Waals surface area (Å²) in [5.74, 6) is 0. The van der Waals surface area contributed by atoms with Crippen molar-refractivity contribution in [2.45, 2.75) is 19.3 Å². The number of rotatable bonds is 3. The first-order valence-corrected chi connectivity index (χ1v) is 20.4. The Morgan fingerprint density at radius 2 is 0.821 bits per heavy atom. The summed E-state index contributed by atoms with van der Waals surface area (Å²) in [6, 6.07) is 68.2. The molecular weight excluding hydrogens is 693 g/mol. The minimum Gasteiger partial charge on any atom is -0.135 e. The van der Waals surface area contributed by atoms with Crippen LogP contribution in [0.5, 0.6) is 0 Å². The molecule has 11 aromatic rings. The Balaban J connectivity index is 1.09. The van der Waals surface area contributed by atoms with E-state index in [1.165, 1.54) is 119 Å². The fourth-order valence-electron chi connectivity index (χ4n) is 10.1. The lowest BCUT2D eigenvalue weighted by molar-refractivity contribution is 0.661. The standard InChI is InChI=1S/C55H36S/c1-55(2)48-31-30-46-44(28-29-45-38-18-12-13-23-50(38)56-54(45)46)53(48)47-25-24-34(32-49(47)55)51-39-19-8-10-21-41(39)52(42-22-11-9-20-40(42)51)43-27-26-35(33-14-4-3-5-15-33)36-16-6-7-17-37(36)43/h3-32H,1-2H3. The van der Waals surface area contributed by atoms with Gasteiger partial charge in [-0.2, -0.15) is 0 Å². The minimum atomic E-state index is -0.144. The fraction of sp³-hybridized carbons (Fsp3) is 0.0545. The molecule has 1 aromatic heterocycles. The Morgan fingerprint density at radius 3 is 1.54 bits per heavy atom. The highest BCUT2D eigenvalue weighted by Crippen LogP contribution is 2.55. The molecule has 0 bridgehead atoms. The van der Waals surface area contributed by atoms with Crippen LogP contribution < -0.4 is 0 Å². The molecule has 0 saturated heterocycles. The number of hydrogen-bond donors (Lipinski definition) is 0. The third-order valence-electron chi connectivity index (χ3n) is 12.7.